The van der Waals surface area contributed by atoms with Crippen molar-refractivity contribution in [1.82, 2.24) is 4.90 Å². The van der Waals surface area contributed by atoms with Crippen molar-refractivity contribution in [3.63, 3.8) is 0 Å². The molecule has 0 bridgehead atoms. The minimum absolute atomic E-state index is 0.179. The third-order valence-corrected chi connectivity index (χ3v) is 4.34. The number of aliphatic hydroxyl groups excluding tert-OH is 1. The first-order chi connectivity index (χ1) is 9.97. The molecule has 21 heavy (non-hydrogen) atoms. The molecule has 1 aromatic rings. The lowest BCUT2D eigenvalue weighted by atomic mass is 9.86. The van der Waals surface area contributed by atoms with Crippen LogP contribution in [0.15, 0.2) is 18.2 Å². The maximum absolute atomic E-state index is 11.0. The molecule has 0 aliphatic heterocycles. The van der Waals surface area contributed by atoms with Gasteiger partial charge in [-0.15, -0.1) is 0 Å². The van der Waals surface area contributed by atoms with Crippen LogP contribution < -0.4 is 0 Å². The lowest BCUT2D eigenvalue weighted by Gasteiger charge is -2.31. The number of rotatable bonds is 5. The van der Waals surface area contributed by atoms with Crippen molar-refractivity contribution in [2.45, 2.75) is 45.3 Å². The molecule has 5 nitrogen and oxygen atoms in total. The number of hydrogen-bond donors (Lipinski definition) is 1. The largest absolute Gasteiger partial charge is 0.393 e. The highest BCUT2D eigenvalue weighted by atomic mass is 16.6. The van der Waals surface area contributed by atoms with Gasteiger partial charge in [-0.1, -0.05) is 25.0 Å². The first-order valence-corrected chi connectivity index (χ1v) is 7.58. The average Bonchev–Trinajstić information content (AvgIpc) is 2.43. The minimum Gasteiger partial charge on any atom is -0.393 e. The lowest BCUT2D eigenvalue weighted by molar-refractivity contribution is -0.385. The van der Waals surface area contributed by atoms with Crippen LogP contribution in [-0.4, -0.2) is 34.6 Å². The van der Waals surface area contributed by atoms with Gasteiger partial charge in [0, 0.05) is 24.7 Å². The third kappa shape index (κ3) is 4.25. The Morgan fingerprint density at radius 2 is 2.10 bits per heavy atom. The topological polar surface area (TPSA) is 66.6 Å². The highest BCUT2D eigenvalue weighted by Crippen LogP contribution is 2.26. The zero-order chi connectivity index (χ0) is 15.4. The summed E-state index contributed by atoms with van der Waals surface area (Å²) in [5, 5.41) is 21.0. The molecule has 1 N–H and O–H groups in total. The van der Waals surface area contributed by atoms with Crippen LogP contribution in [0.2, 0.25) is 0 Å². The van der Waals surface area contributed by atoms with E-state index in [-0.39, 0.29) is 16.7 Å². The van der Waals surface area contributed by atoms with Gasteiger partial charge >= 0.3 is 0 Å². The number of aliphatic hydroxyl groups is 1. The van der Waals surface area contributed by atoms with E-state index in [1.807, 2.05) is 13.1 Å². The Morgan fingerprint density at radius 1 is 1.38 bits per heavy atom. The number of benzene rings is 1. The van der Waals surface area contributed by atoms with E-state index in [0.717, 1.165) is 31.4 Å². The Kier molecular flexibility index (Phi) is 5.31. The van der Waals surface area contributed by atoms with Crippen LogP contribution in [0.25, 0.3) is 0 Å². The summed E-state index contributed by atoms with van der Waals surface area (Å²) in [5.41, 5.74) is 1.81. The Labute approximate surface area is 125 Å². The van der Waals surface area contributed by atoms with Crippen molar-refractivity contribution in [3.05, 3.63) is 39.4 Å². The molecule has 1 aromatic carbocycles. The predicted molar refractivity (Wildman–Crippen MR) is 82.1 cm³/mol. The number of nitrogens with zero attached hydrogens (tertiary/aromatic N) is 2. The molecule has 0 radical (unpaired) electrons. The fraction of sp³-hybridized carbons (Fsp3) is 0.625. The summed E-state index contributed by atoms with van der Waals surface area (Å²) in [5.74, 6) is 0.323. The maximum atomic E-state index is 11.0. The normalized spacial score (nSPS) is 22.5. The molecule has 0 saturated heterocycles. The second-order valence-electron chi connectivity index (χ2n) is 6.19. The third-order valence-electron chi connectivity index (χ3n) is 4.34. The Balaban J connectivity index is 1.97. The molecule has 0 amide bonds. The molecule has 0 heterocycles. The molecule has 2 unspecified atom stereocenters. The highest BCUT2D eigenvalue weighted by Gasteiger charge is 2.24. The summed E-state index contributed by atoms with van der Waals surface area (Å²) < 4.78 is 0. The van der Waals surface area contributed by atoms with Crippen LogP contribution >= 0.6 is 0 Å². The van der Waals surface area contributed by atoms with E-state index in [1.54, 1.807) is 19.1 Å². The molecule has 1 saturated carbocycles. The number of aryl methyl sites for hydroxylation is 1. The number of nitro groups is 1. The Bertz CT molecular complexity index is 504. The van der Waals surface area contributed by atoms with Crippen LogP contribution in [0, 0.1) is 23.0 Å². The van der Waals surface area contributed by atoms with Gasteiger partial charge in [0.1, 0.15) is 0 Å². The van der Waals surface area contributed by atoms with Gasteiger partial charge in [-0.05, 0) is 38.3 Å². The standard InChI is InChI=1S/C16H24N2O3/c1-12-7-8-13(9-15(12)18(20)21)10-17(2)11-14-5-3-4-6-16(14)19/h7-9,14,16,19H,3-6,10-11H2,1-2H3. The molecule has 0 aromatic heterocycles. The van der Waals surface area contributed by atoms with Crippen molar-refractivity contribution >= 4 is 5.69 Å². The summed E-state index contributed by atoms with van der Waals surface area (Å²) in [6.07, 6.45) is 4.07. The van der Waals surface area contributed by atoms with Crippen LogP contribution in [0.4, 0.5) is 5.69 Å². The van der Waals surface area contributed by atoms with E-state index in [0.29, 0.717) is 18.0 Å². The molecular formula is C16H24N2O3. The monoisotopic (exact) mass is 292 g/mol. The molecular weight excluding hydrogens is 268 g/mol. The van der Waals surface area contributed by atoms with Gasteiger partial charge in [0.05, 0.1) is 11.0 Å². The molecule has 1 fully saturated rings. The van der Waals surface area contributed by atoms with E-state index in [1.165, 1.54) is 6.42 Å². The number of nitro benzene ring substituents is 1. The molecule has 1 aliphatic rings. The van der Waals surface area contributed by atoms with Crippen molar-refractivity contribution in [2.24, 2.45) is 5.92 Å². The van der Waals surface area contributed by atoms with Gasteiger partial charge in [0.15, 0.2) is 0 Å². The van der Waals surface area contributed by atoms with Crippen molar-refractivity contribution in [3.8, 4) is 0 Å². The Hall–Kier alpha value is -1.46. The van der Waals surface area contributed by atoms with Crippen molar-refractivity contribution in [2.75, 3.05) is 13.6 Å². The molecule has 2 rings (SSSR count). The van der Waals surface area contributed by atoms with Crippen LogP contribution in [0.3, 0.4) is 0 Å². The molecule has 5 heteroatoms. The first kappa shape index (κ1) is 15.9. The van der Waals surface area contributed by atoms with Crippen molar-refractivity contribution < 1.29 is 10.0 Å². The second kappa shape index (κ2) is 7.00. The van der Waals surface area contributed by atoms with E-state index < -0.39 is 0 Å². The van der Waals surface area contributed by atoms with E-state index in [4.69, 9.17) is 0 Å². The van der Waals surface area contributed by atoms with E-state index in [2.05, 4.69) is 4.90 Å². The van der Waals surface area contributed by atoms with Crippen LogP contribution in [-0.2, 0) is 6.54 Å². The summed E-state index contributed by atoms with van der Waals surface area (Å²) in [4.78, 5) is 12.8. The summed E-state index contributed by atoms with van der Waals surface area (Å²) >= 11 is 0. The predicted octanol–water partition coefficient (Wildman–Crippen LogP) is 2.89. The fourth-order valence-electron chi connectivity index (χ4n) is 3.13. The van der Waals surface area contributed by atoms with E-state index in [9.17, 15) is 15.2 Å². The minimum atomic E-state index is -0.330. The second-order valence-corrected chi connectivity index (χ2v) is 6.19. The summed E-state index contributed by atoms with van der Waals surface area (Å²) in [6.45, 7) is 3.26. The molecule has 2 atom stereocenters. The van der Waals surface area contributed by atoms with Gasteiger partial charge in [0.25, 0.3) is 5.69 Å². The van der Waals surface area contributed by atoms with Gasteiger partial charge in [-0.25, -0.2) is 0 Å². The van der Waals surface area contributed by atoms with Crippen LogP contribution in [0.1, 0.15) is 36.8 Å². The van der Waals surface area contributed by atoms with Gasteiger partial charge in [-0.3, -0.25) is 10.1 Å². The lowest BCUT2D eigenvalue weighted by Crippen LogP contribution is -2.34. The number of hydrogen-bond acceptors (Lipinski definition) is 4. The van der Waals surface area contributed by atoms with Gasteiger partial charge < -0.3 is 10.0 Å². The smallest absolute Gasteiger partial charge is 0.272 e. The zero-order valence-corrected chi connectivity index (χ0v) is 12.8. The van der Waals surface area contributed by atoms with Crippen LogP contribution in [0.5, 0.6) is 0 Å². The maximum Gasteiger partial charge on any atom is 0.272 e. The Morgan fingerprint density at radius 3 is 2.76 bits per heavy atom. The summed E-state index contributed by atoms with van der Waals surface area (Å²) in [6, 6.07) is 5.40. The zero-order valence-electron chi connectivity index (χ0n) is 12.8. The fourth-order valence-corrected chi connectivity index (χ4v) is 3.13. The average molecular weight is 292 g/mol. The first-order valence-electron chi connectivity index (χ1n) is 7.58. The summed E-state index contributed by atoms with van der Waals surface area (Å²) in [7, 11) is 2.01. The van der Waals surface area contributed by atoms with Gasteiger partial charge in [-0.2, -0.15) is 0 Å². The molecule has 1 aliphatic carbocycles. The molecule has 116 valence electrons. The quantitative estimate of drug-likeness (QED) is 0.669. The highest BCUT2D eigenvalue weighted by molar-refractivity contribution is 5.42. The van der Waals surface area contributed by atoms with E-state index >= 15 is 0 Å². The molecule has 0 spiro atoms. The van der Waals surface area contributed by atoms with Gasteiger partial charge in [0.2, 0.25) is 0 Å². The SMILES string of the molecule is Cc1ccc(CN(C)CC2CCCCC2O)cc1[N+](=O)[O-]. The van der Waals surface area contributed by atoms with Crippen molar-refractivity contribution in [1.29, 1.82) is 0 Å².